The molecule has 0 aliphatic heterocycles. The maximum absolute atomic E-state index is 12.8. The maximum Gasteiger partial charge on any atom is 0.308 e. The molecule has 0 bridgehead atoms. The van der Waals surface area contributed by atoms with Crippen LogP contribution in [0.1, 0.15) is 53.3 Å². The predicted octanol–water partition coefficient (Wildman–Crippen LogP) is 3.36. The van der Waals surface area contributed by atoms with E-state index in [1.165, 1.54) is 7.11 Å². The molecule has 4 heteroatoms. The minimum Gasteiger partial charge on any atom is -0.469 e. The number of allylic oxidation sites excluding steroid dienone is 2. The Hall–Kier alpha value is -2.23. The van der Waals surface area contributed by atoms with Gasteiger partial charge in [-0.05, 0) is 38.5 Å². The third-order valence-corrected chi connectivity index (χ3v) is 5.08. The molecule has 0 N–H and O–H groups in total. The van der Waals surface area contributed by atoms with Crippen molar-refractivity contribution in [3.63, 3.8) is 0 Å². The molecule has 0 unspecified atom stereocenters. The Labute approximate surface area is 135 Å². The number of fused-ring (bicyclic) bond motifs is 1. The van der Waals surface area contributed by atoms with E-state index in [2.05, 4.69) is 0 Å². The molecule has 0 saturated heterocycles. The molecule has 1 saturated carbocycles. The van der Waals surface area contributed by atoms with Gasteiger partial charge >= 0.3 is 5.97 Å². The molecule has 1 aromatic carbocycles. The van der Waals surface area contributed by atoms with Gasteiger partial charge in [0.2, 0.25) is 0 Å². The quantitative estimate of drug-likeness (QED) is 0.786. The first kappa shape index (κ1) is 15.7. The van der Waals surface area contributed by atoms with E-state index in [4.69, 9.17) is 4.74 Å². The molecule has 4 nitrogen and oxygen atoms in total. The molecule has 3 rings (SSSR count). The van der Waals surface area contributed by atoms with Crippen LogP contribution in [0.25, 0.3) is 0 Å². The Bertz CT molecular complexity index is 706. The second-order valence-corrected chi connectivity index (χ2v) is 6.31. The fourth-order valence-electron chi connectivity index (χ4n) is 3.79. The van der Waals surface area contributed by atoms with Gasteiger partial charge in [0.25, 0.3) is 0 Å². The molecule has 0 atom stereocenters. The number of hydrogen-bond acceptors (Lipinski definition) is 4. The third-order valence-electron chi connectivity index (χ3n) is 5.08. The van der Waals surface area contributed by atoms with E-state index in [0.29, 0.717) is 35.1 Å². The Balaban J connectivity index is 1.86. The smallest absolute Gasteiger partial charge is 0.308 e. The third kappa shape index (κ3) is 2.62. The van der Waals surface area contributed by atoms with E-state index in [-0.39, 0.29) is 29.4 Å². The zero-order valence-electron chi connectivity index (χ0n) is 13.4. The topological polar surface area (TPSA) is 60.4 Å². The van der Waals surface area contributed by atoms with Crippen LogP contribution in [0.5, 0.6) is 0 Å². The molecule has 0 radical (unpaired) electrons. The summed E-state index contributed by atoms with van der Waals surface area (Å²) in [4.78, 5) is 37.0. The SMILES string of the molecule is COC(=O)C1CCC(C2=C(C)C(=O)c3ccccc3C2=O)CC1. The summed E-state index contributed by atoms with van der Waals surface area (Å²) in [6.45, 7) is 1.75. The first-order chi connectivity index (χ1) is 11.0. The zero-order chi connectivity index (χ0) is 16.6. The number of carbonyl (C=O) groups excluding carboxylic acids is 3. The molecule has 0 spiro atoms. The van der Waals surface area contributed by atoms with Crippen molar-refractivity contribution in [1.82, 2.24) is 0 Å². The van der Waals surface area contributed by atoms with Crippen LogP contribution in [0.3, 0.4) is 0 Å². The van der Waals surface area contributed by atoms with Crippen LogP contribution in [0, 0.1) is 11.8 Å². The van der Waals surface area contributed by atoms with Gasteiger partial charge in [-0.15, -0.1) is 0 Å². The summed E-state index contributed by atoms with van der Waals surface area (Å²) in [5.41, 5.74) is 2.22. The lowest BCUT2D eigenvalue weighted by molar-refractivity contribution is -0.146. The van der Waals surface area contributed by atoms with Crippen LogP contribution >= 0.6 is 0 Å². The van der Waals surface area contributed by atoms with Crippen LogP contribution in [-0.4, -0.2) is 24.6 Å². The minimum atomic E-state index is -0.175. The highest BCUT2D eigenvalue weighted by Crippen LogP contribution is 2.39. The standard InChI is InChI=1S/C19H20O4/c1-11-16(12-7-9-13(10-8-12)19(22)23-2)18(21)15-6-4-3-5-14(15)17(11)20/h3-6,12-13H,7-10H2,1-2H3. The Morgan fingerprint density at radius 2 is 1.57 bits per heavy atom. The lowest BCUT2D eigenvalue weighted by Gasteiger charge is -2.31. The van der Waals surface area contributed by atoms with Crippen LogP contribution in [0.4, 0.5) is 0 Å². The van der Waals surface area contributed by atoms with E-state index >= 15 is 0 Å². The van der Waals surface area contributed by atoms with E-state index in [1.807, 2.05) is 0 Å². The molecule has 0 aromatic heterocycles. The summed E-state index contributed by atoms with van der Waals surface area (Å²) in [7, 11) is 1.40. The van der Waals surface area contributed by atoms with Crippen molar-refractivity contribution in [3.05, 3.63) is 46.5 Å². The first-order valence-corrected chi connectivity index (χ1v) is 8.01. The Morgan fingerprint density at radius 1 is 1.00 bits per heavy atom. The molecule has 120 valence electrons. The number of rotatable bonds is 2. The average Bonchev–Trinajstić information content (AvgIpc) is 2.60. The number of carbonyl (C=O) groups is 3. The van der Waals surface area contributed by atoms with Crippen LogP contribution in [0.15, 0.2) is 35.4 Å². The van der Waals surface area contributed by atoms with E-state index in [0.717, 1.165) is 12.8 Å². The highest BCUT2D eigenvalue weighted by atomic mass is 16.5. The molecule has 2 aliphatic carbocycles. The molecule has 0 amide bonds. The maximum atomic E-state index is 12.8. The molecule has 23 heavy (non-hydrogen) atoms. The van der Waals surface area contributed by atoms with Gasteiger partial charge in [0.05, 0.1) is 13.0 Å². The van der Waals surface area contributed by atoms with Gasteiger partial charge in [-0.3, -0.25) is 14.4 Å². The van der Waals surface area contributed by atoms with Gasteiger partial charge in [-0.25, -0.2) is 0 Å². The van der Waals surface area contributed by atoms with Gasteiger partial charge < -0.3 is 4.74 Å². The lowest BCUT2D eigenvalue weighted by Crippen LogP contribution is -2.29. The molecule has 2 aliphatic rings. The summed E-state index contributed by atoms with van der Waals surface area (Å²) in [5.74, 6) is -0.283. The fraction of sp³-hybridized carbons (Fsp3) is 0.421. The average molecular weight is 312 g/mol. The summed E-state index contributed by atoms with van der Waals surface area (Å²) < 4.78 is 4.80. The normalized spacial score (nSPS) is 24.4. The summed E-state index contributed by atoms with van der Waals surface area (Å²) in [5, 5.41) is 0. The first-order valence-electron chi connectivity index (χ1n) is 8.01. The monoisotopic (exact) mass is 312 g/mol. The van der Waals surface area contributed by atoms with Crippen molar-refractivity contribution >= 4 is 17.5 Å². The van der Waals surface area contributed by atoms with Gasteiger partial charge in [-0.1, -0.05) is 24.3 Å². The van der Waals surface area contributed by atoms with Crippen molar-refractivity contribution in [2.24, 2.45) is 11.8 Å². The van der Waals surface area contributed by atoms with Gasteiger partial charge in [0.1, 0.15) is 0 Å². The fourth-order valence-corrected chi connectivity index (χ4v) is 3.79. The van der Waals surface area contributed by atoms with Crippen LogP contribution < -0.4 is 0 Å². The number of benzene rings is 1. The number of Topliss-reactive ketones (excluding diaryl/α,β-unsaturated/α-hetero) is 2. The highest BCUT2D eigenvalue weighted by Gasteiger charge is 2.36. The number of methoxy groups -OCH3 is 1. The summed E-state index contributed by atoms with van der Waals surface area (Å²) in [6, 6.07) is 7.01. The second kappa shape index (κ2) is 6.11. The van der Waals surface area contributed by atoms with E-state index in [9.17, 15) is 14.4 Å². The van der Waals surface area contributed by atoms with Crippen molar-refractivity contribution in [3.8, 4) is 0 Å². The van der Waals surface area contributed by atoms with Crippen LogP contribution in [-0.2, 0) is 9.53 Å². The van der Waals surface area contributed by atoms with Crippen molar-refractivity contribution in [1.29, 1.82) is 0 Å². The van der Waals surface area contributed by atoms with Gasteiger partial charge in [0.15, 0.2) is 11.6 Å². The molecule has 0 heterocycles. The largest absolute Gasteiger partial charge is 0.469 e. The number of ether oxygens (including phenoxy) is 1. The highest BCUT2D eigenvalue weighted by molar-refractivity contribution is 6.26. The minimum absolute atomic E-state index is 0.0285. The van der Waals surface area contributed by atoms with Gasteiger partial charge in [0, 0.05) is 22.3 Å². The summed E-state index contributed by atoms with van der Waals surface area (Å²) in [6.07, 6.45) is 2.90. The van der Waals surface area contributed by atoms with E-state index in [1.54, 1.807) is 31.2 Å². The predicted molar refractivity (Wildman–Crippen MR) is 85.3 cm³/mol. The van der Waals surface area contributed by atoms with Crippen molar-refractivity contribution in [2.75, 3.05) is 7.11 Å². The van der Waals surface area contributed by atoms with E-state index < -0.39 is 0 Å². The second-order valence-electron chi connectivity index (χ2n) is 6.31. The summed E-state index contributed by atoms with van der Waals surface area (Å²) >= 11 is 0. The number of ketones is 2. The number of hydrogen-bond donors (Lipinski definition) is 0. The molecule has 1 aromatic rings. The van der Waals surface area contributed by atoms with Crippen molar-refractivity contribution < 1.29 is 19.1 Å². The molecule has 1 fully saturated rings. The Kier molecular flexibility index (Phi) is 4.16. The lowest BCUT2D eigenvalue weighted by atomic mass is 9.72. The Morgan fingerprint density at radius 3 is 2.13 bits per heavy atom. The zero-order valence-corrected chi connectivity index (χ0v) is 13.4. The number of esters is 1. The molecular formula is C19H20O4. The van der Waals surface area contributed by atoms with Gasteiger partial charge in [-0.2, -0.15) is 0 Å². The van der Waals surface area contributed by atoms with Crippen molar-refractivity contribution in [2.45, 2.75) is 32.6 Å². The van der Waals surface area contributed by atoms with Crippen LogP contribution in [0.2, 0.25) is 0 Å². The molecular weight excluding hydrogens is 292 g/mol.